The second-order valence-corrected chi connectivity index (χ2v) is 6.37. The average Bonchev–Trinajstić information content (AvgIpc) is 2.93. The van der Waals surface area contributed by atoms with E-state index in [-0.39, 0.29) is 17.9 Å². The molecule has 0 aliphatic carbocycles. The Kier molecular flexibility index (Phi) is 4.82. The molecule has 0 aliphatic rings. The summed E-state index contributed by atoms with van der Waals surface area (Å²) in [5.41, 5.74) is 0. The molecule has 0 fully saturated rings. The van der Waals surface area contributed by atoms with Crippen LogP contribution in [0.25, 0.3) is 0 Å². The number of sulfonamides is 1. The first-order chi connectivity index (χ1) is 9.49. The molecule has 2 aromatic rings. The summed E-state index contributed by atoms with van der Waals surface area (Å²) in [6.45, 7) is 0.104. The highest BCUT2D eigenvalue weighted by atomic mass is 35.5. The quantitative estimate of drug-likeness (QED) is 0.857. The summed E-state index contributed by atoms with van der Waals surface area (Å²) in [5, 5.41) is 10.2. The zero-order chi connectivity index (χ0) is 14.6. The minimum Gasteiger partial charge on any atom is -0.467 e. The first-order valence-corrected chi connectivity index (χ1v) is 7.82. The molecule has 0 aliphatic heterocycles. The Balaban J connectivity index is 1.91. The van der Waals surface area contributed by atoms with Crippen molar-refractivity contribution in [2.75, 3.05) is 6.54 Å². The van der Waals surface area contributed by atoms with Gasteiger partial charge in [-0.05, 0) is 42.8 Å². The van der Waals surface area contributed by atoms with E-state index >= 15 is 0 Å². The number of hydrogen-bond donors (Lipinski definition) is 2. The lowest BCUT2D eigenvalue weighted by atomic mass is 10.2. The van der Waals surface area contributed by atoms with Gasteiger partial charge in [0.05, 0.1) is 11.2 Å². The number of aliphatic hydroxyl groups is 1. The van der Waals surface area contributed by atoms with Gasteiger partial charge in [-0.1, -0.05) is 11.6 Å². The lowest BCUT2D eigenvalue weighted by molar-refractivity contribution is 0.142. The summed E-state index contributed by atoms with van der Waals surface area (Å²) in [6.07, 6.45) is 0.842. The van der Waals surface area contributed by atoms with E-state index in [1.807, 2.05) is 0 Å². The average molecular weight is 316 g/mol. The van der Waals surface area contributed by atoms with Crippen molar-refractivity contribution in [2.45, 2.75) is 17.4 Å². The van der Waals surface area contributed by atoms with Crippen LogP contribution in [0, 0.1) is 0 Å². The highest BCUT2D eigenvalue weighted by molar-refractivity contribution is 7.89. The van der Waals surface area contributed by atoms with Crippen LogP contribution in [0.4, 0.5) is 0 Å². The Morgan fingerprint density at radius 3 is 2.55 bits per heavy atom. The third kappa shape index (κ3) is 3.83. The first-order valence-electron chi connectivity index (χ1n) is 5.96. The zero-order valence-electron chi connectivity index (χ0n) is 10.5. The van der Waals surface area contributed by atoms with E-state index in [1.165, 1.54) is 30.5 Å². The number of aliphatic hydroxyl groups excluding tert-OH is 1. The van der Waals surface area contributed by atoms with Crippen molar-refractivity contribution in [1.82, 2.24) is 4.72 Å². The smallest absolute Gasteiger partial charge is 0.240 e. The number of nitrogens with one attached hydrogen (secondary N) is 1. The molecule has 1 aromatic carbocycles. The van der Waals surface area contributed by atoms with Crippen LogP contribution in [0.5, 0.6) is 0 Å². The molecule has 2 rings (SSSR count). The molecule has 0 amide bonds. The van der Waals surface area contributed by atoms with Crippen molar-refractivity contribution >= 4 is 21.6 Å². The van der Waals surface area contributed by atoms with E-state index in [4.69, 9.17) is 16.0 Å². The van der Waals surface area contributed by atoms with Gasteiger partial charge in [-0.15, -0.1) is 0 Å². The summed E-state index contributed by atoms with van der Waals surface area (Å²) >= 11 is 5.71. The Hall–Kier alpha value is -1.34. The molecule has 0 bridgehead atoms. The standard InChI is InChI=1S/C13H14ClNO4S/c14-10-3-5-11(6-4-10)20(17,18)15-8-7-12(16)13-2-1-9-19-13/h1-6,9,12,15-16H,7-8H2. The molecule has 7 heteroatoms. The highest BCUT2D eigenvalue weighted by Crippen LogP contribution is 2.17. The molecule has 1 unspecified atom stereocenters. The van der Waals surface area contributed by atoms with Gasteiger partial charge >= 0.3 is 0 Å². The van der Waals surface area contributed by atoms with Crippen molar-refractivity contribution in [3.63, 3.8) is 0 Å². The summed E-state index contributed by atoms with van der Waals surface area (Å²) in [5.74, 6) is 0.413. The van der Waals surface area contributed by atoms with Crippen LogP contribution < -0.4 is 4.72 Å². The maximum absolute atomic E-state index is 12.0. The lowest BCUT2D eigenvalue weighted by Gasteiger charge is -2.09. The predicted octanol–water partition coefficient (Wildman–Crippen LogP) is 2.33. The fourth-order valence-corrected chi connectivity index (χ4v) is 2.82. The van der Waals surface area contributed by atoms with Crippen LogP contribution in [0.15, 0.2) is 52.0 Å². The van der Waals surface area contributed by atoms with E-state index in [0.29, 0.717) is 10.8 Å². The molecule has 108 valence electrons. The third-order valence-electron chi connectivity index (χ3n) is 2.71. The molecule has 2 N–H and O–H groups in total. The van der Waals surface area contributed by atoms with E-state index in [9.17, 15) is 13.5 Å². The predicted molar refractivity (Wildman–Crippen MR) is 74.9 cm³/mol. The zero-order valence-corrected chi connectivity index (χ0v) is 12.1. The molecule has 20 heavy (non-hydrogen) atoms. The number of furan rings is 1. The lowest BCUT2D eigenvalue weighted by Crippen LogP contribution is -2.25. The van der Waals surface area contributed by atoms with Gasteiger partial charge in [-0.25, -0.2) is 13.1 Å². The van der Waals surface area contributed by atoms with Crippen molar-refractivity contribution in [3.05, 3.63) is 53.4 Å². The van der Waals surface area contributed by atoms with Crippen LogP contribution in [0.1, 0.15) is 18.3 Å². The number of rotatable bonds is 6. The number of hydrogen-bond acceptors (Lipinski definition) is 4. The number of benzene rings is 1. The Bertz CT molecular complexity index is 638. The summed E-state index contributed by atoms with van der Waals surface area (Å²) in [6, 6.07) is 9.16. The second-order valence-electron chi connectivity index (χ2n) is 4.17. The Morgan fingerprint density at radius 2 is 1.95 bits per heavy atom. The van der Waals surface area contributed by atoms with E-state index in [0.717, 1.165) is 0 Å². The van der Waals surface area contributed by atoms with Gasteiger partial charge in [0.2, 0.25) is 10.0 Å². The van der Waals surface area contributed by atoms with Crippen LogP contribution in [0.3, 0.4) is 0 Å². The van der Waals surface area contributed by atoms with Crippen LogP contribution in [0.2, 0.25) is 5.02 Å². The van der Waals surface area contributed by atoms with Crippen LogP contribution in [-0.4, -0.2) is 20.1 Å². The second kappa shape index (κ2) is 6.41. The van der Waals surface area contributed by atoms with Crippen LogP contribution in [-0.2, 0) is 10.0 Å². The van der Waals surface area contributed by atoms with E-state index in [2.05, 4.69) is 4.72 Å². The summed E-state index contributed by atoms with van der Waals surface area (Å²) in [4.78, 5) is 0.134. The molecular weight excluding hydrogens is 302 g/mol. The monoisotopic (exact) mass is 315 g/mol. The first kappa shape index (κ1) is 15.1. The minimum absolute atomic E-state index is 0.104. The SMILES string of the molecule is O=S(=O)(NCCC(O)c1ccco1)c1ccc(Cl)cc1. The van der Waals surface area contributed by atoms with Crippen molar-refractivity contribution in [1.29, 1.82) is 0 Å². The third-order valence-corrected chi connectivity index (χ3v) is 4.43. The van der Waals surface area contributed by atoms with Gasteiger partial charge in [-0.2, -0.15) is 0 Å². The van der Waals surface area contributed by atoms with E-state index < -0.39 is 16.1 Å². The molecule has 5 nitrogen and oxygen atoms in total. The largest absolute Gasteiger partial charge is 0.467 e. The fourth-order valence-electron chi connectivity index (χ4n) is 1.65. The van der Waals surface area contributed by atoms with Crippen molar-refractivity contribution in [3.8, 4) is 0 Å². The van der Waals surface area contributed by atoms with Crippen molar-refractivity contribution < 1.29 is 17.9 Å². The maximum atomic E-state index is 12.0. The van der Waals surface area contributed by atoms with Gasteiger partial charge < -0.3 is 9.52 Å². The highest BCUT2D eigenvalue weighted by Gasteiger charge is 2.15. The topological polar surface area (TPSA) is 79.5 Å². The van der Waals surface area contributed by atoms with Gasteiger partial charge in [0.1, 0.15) is 11.9 Å². The van der Waals surface area contributed by atoms with Gasteiger partial charge in [0.15, 0.2) is 0 Å². The van der Waals surface area contributed by atoms with Gasteiger partial charge in [0, 0.05) is 11.6 Å². The fraction of sp³-hybridized carbons (Fsp3) is 0.231. The molecule has 0 saturated carbocycles. The number of halogens is 1. The molecule has 0 radical (unpaired) electrons. The van der Waals surface area contributed by atoms with Crippen molar-refractivity contribution in [2.24, 2.45) is 0 Å². The Morgan fingerprint density at radius 1 is 1.25 bits per heavy atom. The molecule has 1 aromatic heterocycles. The molecular formula is C13H14ClNO4S. The maximum Gasteiger partial charge on any atom is 0.240 e. The Labute approximate surface area is 122 Å². The van der Waals surface area contributed by atoms with Gasteiger partial charge in [-0.3, -0.25) is 0 Å². The summed E-state index contributed by atoms with van der Waals surface area (Å²) < 4.78 is 31.4. The molecule has 0 spiro atoms. The molecule has 0 saturated heterocycles. The summed E-state index contributed by atoms with van der Waals surface area (Å²) in [7, 11) is -3.59. The normalized spacial score (nSPS) is 13.3. The van der Waals surface area contributed by atoms with Crippen LogP contribution >= 0.6 is 11.6 Å². The van der Waals surface area contributed by atoms with E-state index in [1.54, 1.807) is 12.1 Å². The molecule has 1 heterocycles. The van der Waals surface area contributed by atoms with Gasteiger partial charge in [0.25, 0.3) is 0 Å². The molecule has 1 atom stereocenters. The minimum atomic E-state index is -3.59.